The highest BCUT2D eigenvalue weighted by Gasteiger charge is 2.17. The maximum Gasteiger partial charge on any atom is 0.191 e. The standard InChI is InChI=1S/C17H12ClN5OS/c1-8-5-10(6-14(18)20-8)11-7-12-13(24)3-4-19-16(12)21-15(11)17-23-22-9(2)25-17/h3-7H,1-2H3,(H,19,21,24). The van der Waals surface area contributed by atoms with E-state index in [2.05, 4.69) is 25.1 Å². The molecule has 0 aliphatic carbocycles. The van der Waals surface area contributed by atoms with Crippen molar-refractivity contribution in [3.05, 3.63) is 56.5 Å². The SMILES string of the molecule is Cc1cc(-c2cc3c(=O)cc[nH]c3nc2-c2nnc(C)s2)cc(Cl)n1. The Morgan fingerprint density at radius 2 is 1.96 bits per heavy atom. The van der Waals surface area contributed by atoms with Crippen LogP contribution in [-0.4, -0.2) is 25.1 Å². The molecule has 0 aliphatic rings. The van der Waals surface area contributed by atoms with Crippen LogP contribution in [0.1, 0.15) is 10.7 Å². The summed E-state index contributed by atoms with van der Waals surface area (Å²) in [5, 5.41) is 10.7. The maximum absolute atomic E-state index is 12.2. The molecular formula is C17H12ClN5OS. The number of aromatic nitrogens is 5. The quantitative estimate of drug-likeness (QED) is 0.543. The number of rotatable bonds is 2. The van der Waals surface area contributed by atoms with Crippen molar-refractivity contribution in [3.63, 3.8) is 0 Å². The van der Waals surface area contributed by atoms with E-state index in [0.717, 1.165) is 21.8 Å². The molecule has 0 radical (unpaired) electrons. The van der Waals surface area contributed by atoms with Crippen LogP contribution in [0.5, 0.6) is 0 Å². The van der Waals surface area contributed by atoms with Crippen molar-refractivity contribution in [1.29, 1.82) is 0 Å². The van der Waals surface area contributed by atoms with Crippen molar-refractivity contribution >= 4 is 34.0 Å². The number of nitrogens with zero attached hydrogens (tertiary/aromatic N) is 4. The monoisotopic (exact) mass is 369 g/mol. The van der Waals surface area contributed by atoms with Gasteiger partial charge in [0.25, 0.3) is 0 Å². The number of halogens is 1. The van der Waals surface area contributed by atoms with E-state index in [1.54, 1.807) is 12.3 Å². The molecule has 0 spiro atoms. The van der Waals surface area contributed by atoms with Gasteiger partial charge in [-0.1, -0.05) is 22.9 Å². The van der Waals surface area contributed by atoms with Crippen LogP contribution in [0, 0.1) is 13.8 Å². The Morgan fingerprint density at radius 1 is 1.12 bits per heavy atom. The zero-order chi connectivity index (χ0) is 17.6. The Balaban J connectivity index is 2.09. The number of hydrogen-bond donors (Lipinski definition) is 1. The molecule has 0 aromatic carbocycles. The third kappa shape index (κ3) is 2.92. The summed E-state index contributed by atoms with van der Waals surface area (Å²) < 4.78 is 0. The lowest BCUT2D eigenvalue weighted by Crippen LogP contribution is -2.03. The molecule has 4 aromatic rings. The van der Waals surface area contributed by atoms with Crippen molar-refractivity contribution in [1.82, 2.24) is 25.1 Å². The van der Waals surface area contributed by atoms with Crippen LogP contribution in [0.3, 0.4) is 0 Å². The highest BCUT2D eigenvalue weighted by molar-refractivity contribution is 7.14. The van der Waals surface area contributed by atoms with Gasteiger partial charge >= 0.3 is 0 Å². The molecule has 124 valence electrons. The Kier molecular flexibility index (Phi) is 3.82. The van der Waals surface area contributed by atoms with Crippen LogP contribution in [0.4, 0.5) is 0 Å². The fourth-order valence-corrected chi connectivity index (χ4v) is 3.60. The molecule has 0 fully saturated rings. The number of H-pyrrole nitrogens is 1. The fraction of sp³-hybridized carbons (Fsp3) is 0.118. The molecule has 0 aliphatic heterocycles. The van der Waals surface area contributed by atoms with Gasteiger partial charge in [0, 0.05) is 23.5 Å². The summed E-state index contributed by atoms with van der Waals surface area (Å²) in [5.41, 5.74) is 3.45. The molecule has 0 amide bonds. The molecule has 25 heavy (non-hydrogen) atoms. The second kappa shape index (κ2) is 6.02. The lowest BCUT2D eigenvalue weighted by Gasteiger charge is -2.09. The average molecular weight is 370 g/mol. The molecule has 4 aromatic heterocycles. The van der Waals surface area contributed by atoms with E-state index in [9.17, 15) is 4.79 Å². The summed E-state index contributed by atoms with van der Waals surface area (Å²) in [7, 11) is 0. The summed E-state index contributed by atoms with van der Waals surface area (Å²) in [6.07, 6.45) is 1.58. The van der Waals surface area contributed by atoms with Crippen LogP contribution in [0.25, 0.3) is 32.9 Å². The van der Waals surface area contributed by atoms with Gasteiger partial charge < -0.3 is 4.98 Å². The molecule has 0 atom stereocenters. The predicted molar refractivity (Wildman–Crippen MR) is 99.0 cm³/mol. The van der Waals surface area contributed by atoms with Crippen molar-refractivity contribution in [2.24, 2.45) is 0 Å². The third-order valence-corrected chi connectivity index (χ3v) is 4.74. The van der Waals surface area contributed by atoms with E-state index in [0.29, 0.717) is 26.9 Å². The highest BCUT2D eigenvalue weighted by atomic mass is 35.5. The van der Waals surface area contributed by atoms with Crippen LogP contribution in [0.15, 0.2) is 35.3 Å². The van der Waals surface area contributed by atoms with Gasteiger partial charge in [0.1, 0.15) is 21.5 Å². The van der Waals surface area contributed by atoms with Crippen molar-refractivity contribution in [3.8, 4) is 21.8 Å². The summed E-state index contributed by atoms with van der Waals surface area (Å²) >= 11 is 7.57. The van der Waals surface area contributed by atoms with E-state index >= 15 is 0 Å². The second-order valence-corrected chi connectivity index (χ2v) is 7.14. The first kappa shape index (κ1) is 15.9. The number of nitrogens with one attached hydrogen (secondary N) is 1. The number of pyridine rings is 3. The lowest BCUT2D eigenvalue weighted by molar-refractivity contribution is 1.05. The first-order valence-corrected chi connectivity index (χ1v) is 8.68. The number of fused-ring (bicyclic) bond motifs is 1. The largest absolute Gasteiger partial charge is 0.346 e. The highest BCUT2D eigenvalue weighted by Crippen LogP contribution is 2.34. The molecule has 4 heterocycles. The number of hydrogen-bond acceptors (Lipinski definition) is 6. The Morgan fingerprint density at radius 3 is 2.68 bits per heavy atom. The topological polar surface area (TPSA) is 84.4 Å². The lowest BCUT2D eigenvalue weighted by atomic mass is 10.0. The minimum absolute atomic E-state index is 0.0978. The zero-order valence-corrected chi connectivity index (χ0v) is 14.9. The fourth-order valence-electron chi connectivity index (χ4n) is 2.66. The van der Waals surface area contributed by atoms with E-state index < -0.39 is 0 Å². The normalized spacial score (nSPS) is 11.2. The predicted octanol–water partition coefficient (Wildman–Crippen LogP) is 3.77. The second-order valence-electron chi connectivity index (χ2n) is 5.57. The van der Waals surface area contributed by atoms with Gasteiger partial charge in [0.05, 0.1) is 5.39 Å². The van der Waals surface area contributed by atoms with E-state index in [-0.39, 0.29) is 5.43 Å². The van der Waals surface area contributed by atoms with E-state index in [1.807, 2.05) is 26.0 Å². The summed E-state index contributed by atoms with van der Waals surface area (Å²) in [6.45, 7) is 3.75. The molecule has 4 rings (SSSR count). The van der Waals surface area contributed by atoms with Gasteiger partial charge in [-0.05, 0) is 37.6 Å². The molecular weight excluding hydrogens is 358 g/mol. The number of aryl methyl sites for hydroxylation is 2. The Bertz CT molecular complexity index is 1150. The smallest absolute Gasteiger partial charge is 0.191 e. The summed E-state index contributed by atoms with van der Waals surface area (Å²) in [5.74, 6) is 0. The van der Waals surface area contributed by atoms with Crippen molar-refractivity contribution < 1.29 is 0 Å². The summed E-state index contributed by atoms with van der Waals surface area (Å²) in [6, 6.07) is 6.96. The minimum Gasteiger partial charge on any atom is -0.346 e. The molecule has 1 N–H and O–H groups in total. The Labute approximate surface area is 151 Å². The van der Waals surface area contributed by atoms with E-state index in [4.69, 9.17) is 11.6 Å². The van der Waals surface area contributed by atoms with Crippen LogP contribution < -0.4 is 5.43 Å². The zero-order valence-electron chi connectivity index (χ0n) is 13.4. The first-order valence-electron chi connectivity index (χ1n) is 7.49. The van der Waals surface area contributed by atoms with Gasteiger partial charge in [0.2, 0.25) is 0 Å². The van der Waals surface area contributed by atoms with Gasteiger partial charge in [-0.2, -0.15) is 0 Å². The first-order chi connectivity index (χ1) is 12.0. The maximum atomic E-state index is 12.2. The molecule has 0 bridgehead atoms. The van der Waals surface area contributed by atoms with Crippen LogP contribution in [-0.2, 0) is 0 Å². The molecule has 8 heteroatoms. The van der Waals surface area contributed by atoms with Crippen LogP contribution >= 0.6 is 22.9 Å². The van der Waals surface area contributed by atoms with Gasteiger partial charge in [-0.15, -0.1) is 10.2 Å². The van der Waals surface area contributed by atoms with Gasteiger partial charge in [0.15, 0.2) is 10.4 Å². The van der Waals surface area contributed by atoms with Gasteiger partial charge in [-0.25, -0.2) is 9.97 Å². The van der Waals surface area contributed by atoms with E-state index in [1.165, 1.54) is 17.4 Å². The summed E-state index contributed by atoms with van der Waals surface area (Å²) in [4.78, 5) is 24.1. The van der Waals surface area contributed by atoms with Crippen LogP contribution in [0.2, 0.25) is 5.15 Å². The molecule has 0 saturated heterocycles. The minimum atomic E-state index is -0.0978. The third-order valence-electron chi connectivity index (χ3n) is 3.70. The molecule has 0 saturated carbocycles. The molecule has 0 unspecified atom stereocenters. The average Bonchev–Trinajstić information content (AvgIpc) is 2.99. The van der Waals surface area contributed by atoms with Gasteiger partial charge in [-0.3, -0.25) is 4.79 Å². The van der Waals surface area contributed by atoms with Crippen molar-refractivity contribution in [2.75, 3.05) is 0 Å². The molecule has 6 nitrogen and oxygen atoms in total. The van der Waals surface area contributed by atoms with Crippen molar-refractivity contribution in [2.45, 2.75) is 13.8 Å². The number of aromatic amines is 1. The Hall–Kier alpha value is -2.64.